The van der Waals surface area contributed by atoms with E-state index in [0.717, 1.165) is 42.9 Å². The molecule has 3 rings (SSSR count). The largest absolute Gasteiger partial charge is 0.494 e. The second kappa shape index (κ2) is 13.2. The van der Waals surface area contributed by atoms with Gasteiger partial charge in [0.1, 0.15) is 12.3 Å². The summed E-state index contributed by atoms with van der Waals surface area (Å²) < 4.78 is 5.94. The lowest BCUT2D eigenvalue weighted by Gasteiger charge is -2.23. The van der Waals surface area contributed by atoms with Gasteiger partial charge in [0.2, 0.25) is 17.8 Å². The van der Waals surface area contributed by atoms with Crippen LogP contribution in [0.15, 0.2) is 23.2 Å². The number of hydrogen-bond acceptors (Lipinski definition) is 5. The summed E-state index contributed by atoms with van der Waals surface area (Å²) in [5, 5.41) is 2.78. The Morgan fingerprint density at radius 1 is 1.03 bits per heavy atom. The van der Waals surface area contributed by atoms with Gasteiger partial charge in [-0.2, -0.15) is 0 Å². The first kappa shape index (κ1) is 25.1. The monoisotopic (exact) mass is 456 g/mol. The van der Waals surface area contributed by atoms with Gasteiger partial charge in [-0.25, -0.2) is 4.99 Å². The normalized spacial score (nSPS) is 14.4. The average molecular weight is 457 g/mol. The lowest BCUT2D eigenvalue weighted by atomic mass is 10.1. The number of benzene rings is 1. The van der Waals surface area contributed by atoms with Crippen molar-refractivity contribution < 1.29 is 14.3 Å². The SMILES string of the molecule is CCCCCCN(CCCCCC)C(=O)CCCOc1ccc2c(c1)CN1CC(=O)NC1=N2. The molecule has 1 aromatic carbocycles. The molecule has 1 aromatic rings. The van der Waals surface area contributed by atoms with E-state index < -0.39 is 0 Å². The van der Waals surface area contributed by atoms with Crippen LogP contribution in [-0.2, 0) is 16.1 Å². The van der Waals surface area contributed by atoms with E-state index >= 15 is 0 Å². The van der Waals surface area contributed by atoms with Crippen LogP contribution in [0, 0.1) is 0 Å². The zero-order chi connectivity index (χ0) is 23.5. The molecular weight excluding hydrogens is 416 g/mol. The topological polar surface area (TPSA) is 74.2 Å². The minimum Gasteiger partial charge on any atom is -0.494 e. The number of rotatable bonds is 15. The Labute approximate surface area is 198 Å². The zero-order valence-corrected chi connectivity index (χ0v) is 20.4. The summed E-state index contributed by atoms with van der Waals surface area (Å²) in [5.74, 6) is 1.65. The third-order valence-corrected chi connectivity index (χ3v) is 6.24. The summed E-state index contributed by atoms with van der Waals surface area (Å²) in [4.78, 5) is 32.9. The predicted molar refractivity (Wildman–Crippen MR) is 132 cm³/mol. The van der Waals surface area contributed by atoms with Gasteiger partial charge >= 0.3 is 0 Å². The van der Waals surface area contributed by atoms with Crippen molar-refractivity contribution in [2.75, 3.05) is 26.2 Å². The fraction of sp³-hybridized carbons (Fsp3) is 0.654. The van der Waals surface area contributed by atoms with E-state index in [1.807, 2.05) is 23.1 Å². The number of nitrogens with one attached hydrogen (secondary N) is 1. The lowest BCUT2D eigenvalue weighted by Crippen LogP contribution is -2.33. The molecule has 0 bridgehead atoms. The molecule has 2 amide bonds. The Hall–Kier alpha value is -2.57. The number of amides is 2. The second-order valence-corrected chi connectivity index (χ2v) is 9.08. The van der Waals surface area contributed by atoms with Crippen molar-refractivity contribution in [2.24, 2.45) is 4.99 Å². The summed E-state index contributed by atoms with van der Waals surface area (Å²) in [6.45, 7) is 7.70. The van der Waals surface area contributed by atoms with Gasteiger partial charge in [-0.05, 0) is 37.5 Å². The number of unbranched alkanes of at least 4 members (excludes halogenated alkanes) is 6. The van der Waals surface area contributed by atoms with E-state index in [9.17, 15) is 9.59 Å². The first-order chi connectivity index (χ1) is 16.1. The van der Waals surface area contributed by atoms with Gasteiger partial charge in [0.05, 0.1) is 12.3 Å². The van der Waals surface area contributed by atoms with E-state index in [2.05, 4.69) is 29.1 Å². The number of carbonyl (C=O) groups is 2. The Bertz CT molecular complexity index is 812. The summed E-state index contributed by atoms with van der Waals surface area (Å²) >= 11 is 0. The van der Waals surface area contributed by atoms with E-state index in [1.165, 1.54) is 38.5 Å². The summed E-state index contributed by atoms with van der Waals surface area (Å²) in [6, 6.07) is 5.83. The molecule has 33 heavy (non-hydrogen) atoms. The molecule has 0 spiro atoms. The third kappa shape index (κ3) is 7.76. The molecule has 0 saturated carbocycles. The molecule has 0 unspecified atom stereocenters. The molecule has 0 aliphatic carbocycles. The fourth-order valence-corrected chi connectivity index (χ4v) is 4.32. The van der Waals surface area contributed by atoms with Crippen LogP contribution in [0.4, 0.5) is 5.69 Å². The highest BCUT2D eigenvalue weighted by Gasteiger charge is 2.29. The highest BCUT2D eigenvalue weighted by molar-refractivity contribution is 6.05. The second-order valence-electron chi connectivity index (χ2n) is 9.08. The van der Waals surface area contributed by atoms with Crippen LogP contribution in [0.25, 0.3) is 0 Å². The quantitative estimate of drug-likeness (QED) is 0.386. The Kier molecular flexibility index (Phi) is 10.0. The van der Waals surface area contributed by atoms with Crippen molar-refractivity contribution in [3.8, 4) is 5.75 Å². The Balaban J connectivity index is 1.42. The first-order valence-corrected chi connectivity index (χ1v) is 12.8. The highest BCUT2D eigenvalue weighted by atomic mass is 16.5. The summed E-state index contributed by atoms with van der Waals surface area (Å²) in [7, 11) is 0. The van der Waals surface area contributed by atoms with Crippen molar-refractivity contribution in [3.63, 3.8) is 0 Å². The molecule has 0 atom stereocenters. The van der Waals surface area contributed by atoms with Crippen LogP contribution in [0.1, 0.15) is 83.6 Å². The molecule has 0 radical (unpaired) electrons. The third-order valence-electron chi connectivity index (χ3n) is 6.24. The van der Waals surface area contributed by atoms with Crippen LogP contribution in [0.3, 0.4) is 0 Å². The zero-order valence-electron chi connectivity index (χ0n) is 20.4. The minimum absolute atomic E-state index is 0.0209. The molecule has 1 N–H and O–H groups in total. The van der Waals surface area contributed by atoms with Gasteiger partial charge in [-0.1, -0.05) is 52.4 Å². The molecular formula is C26H40N4O3. The molecule has 2 aliphatic rings. The average Bonchev–Trinajstić information content (AvgIpc) is 3.17. The fourth-order valence-electron chi connectivity index (χ4n) is 4.32. The van der Waals surface area contributed by atoms with Gasteiger partial charge in [-0.3, -0.25) is 14.9 Å². The highest BCUT2D eigenvalue weighted by Crippen LogP contribution is 2.30. The number of aliphatic imine (C=N–C) groups is 1. The van der Waals surface area contributed by atoms with E-state index in [4.69, 9.17) is 4.74 Å². The number of hydrogen-bond donors (Lipinski definition) is 1. The van der Waals surface area contributed by atoms with Crippen molar-refractivity contribution in [1.82, 2.24) is 15.1 Å². The van der Waals surface area contributed by atoms with Crippen molar-refractivity contribution in [1.29, 1.82) is 0 Å². The van der Waals surface area contributed by atoms with E-state index in [0.29, 0.717) is 38.5 Å². The number of guanidine groups is 1. The maximum absolute atomic E-state index is 12.8. The Morgan fingerprint density at radius 3 is 2.45 bits per heavy atom. The van der Waals surface area contributed by atoms with Crippen molar-refractivity contribution >= 4 is 23.5 Å². The van der Waals surface area contributed by atoms with E-state index in [-0.39, 0.29) is 11.8 Å². The minimum atomic E-state index is -0.0209. The maximum Gasteiger partial charge on any atom is 0.246 e. The van der Waals surface area contributed by atoms with Crippen LogP contribution < -0.4 is 10.1 Å². The predicted octanol–water partition coefficient (Wildman–Crippen LogP) is 4.77. The van der Waals surface area contributed by atoms with Crippen LogP contribution >= 0.6 is 0 Å². The number of fused-ring (bicyclic) bond motifs is 2. The molecule has 2 aliphatic heterocycles. The molecule has 0 aromatic heterocycles. The molecule has 1 saturated heterocycles. The van der Waals surface area contributed by atoms with Crippen LogP contribution in [-0.4, -0.2) is 53.8 Å². The molecule has 7 nitrogen and oxygen atoms in total. The molecule has 182 valence electrons. The van der Waals surface area contributed by atoms with Crippen molar-refractivity contribution in [2.45, 2.75) is 84.6 Å². The van der Waals surface area contributed by atoms with Crippen LogP contribution in [0.5, 0.6) is 5.75 Å². The van der Waals surface area contributed by atoms with Gasteiger partial charge in [0.25, 0.3) is 0 Å². The van der Waals surface area contributed by atoms with Gasteiger partial charge < -0.3 is 14.5 Å². The standard InChI is InChI=1S/C26H40N4O3/c1-3-5-7-9-15-29(16-10-8-6-4-2)25(32)12-11-17-33-22-13-14-23-21(18-22)19-30-20-24(31)28-26(30)27-23/h13-14,18H,3-12,15-17,19-20H2,1-2H3,(H,27,28,31). The first-order valence-electron chi connectivity index (χ1n) is 12.8. The number of ether oxygens (including phenoxy) is 1. The molecule has 7 heteroatoms. The van der Waals surface area contributed by atoms with Crippen LogP contribution in [0.2, 0.25) is 0 Å². The molecule has 1 fully saturated rings. The maximum atomic E-state index is 12.8. The number of carbonyl (C=O) groups excluding carboxylic acids is 2. The molecule has 2 heterocycles. The van der Waals surface area contributed by atoms with Gasteiger partial charge in [0.15, 0.2) is 0 Å². The number of nitrogens with zero attached hydrogens (tertiary/aromatic N) is 3. The smallest absolute Gasteiger partial charge is 0.246 e. The van der Waals surface area contributed by atoms with Gasteiger partial charge in [-0.15, -0.1) is 0 Å². The lowest BCUT2D eigenvalue weighted by molar-refractivity contribution is -0.131. The van der Waals surface area contributed by atoms with E-state index in [1.54, 1.807) is 0 Å². The summed E-state index contributed by atoms with van der Waals surface area (Å²) in [5.41, 5.74) is 1.92. The van der Waals surface area contributed by atoms with Gasteiger partial charge in [0, 0.05) is 31.6 Å². The van der Waals surface area contributed by atoms with Crippen molar-refractivity contribution in [3.05, 3.63) is 23.8 Å². The summed E-state index contributed by atoms with van der Waals surface area (Å²) in [6.07, 6.45) is 10.7. The Morgan fingerprint density at radius 2 is 1.76 bits per heavy atom.